The van der Waals surface area contributed by atoms with E-state index in [1.807, 2.05) is 0 Å². The second kappa shape index (κ2) is 8.24. The molecule has 0 bridgehead atoms. The zero-order chi connectivity index (χ0) is 21.2. The van der Waals surface area contributed by atoms with E-state index in [-0.39, 0.29) is 24.4 Å². The zero-order valence-electron chi connectivity index (χ0n) is 16.6. The number of aliphatic hydroxyl groups excluding tert-OH is 1. The summed E-state index contributed by atoms with van der Waals surface area (Å²) in [5, 5.41) is 10.2. The lowest BCUT2D eigenvalue weighted by Gasteiger charge is -2.34. The number of anilines is 1. The molecule has 0 radical (unpaired) electrons. The first-order valence-electron chi connectivity index (χ1n) is 8.77. The monoisotopic (exact) mass is 396 g/mol. The fourth-order valence-electron chi connectivity index (χ4n) is 2.66. The van der Waals surface area contributed by atoms with Crippen LogP contribution in [0.2, 0.25) is 0 Å². The number of hydrogen-bond donors (Lipinski definition) is 1. The number of ether oxygens (including phenoxy) is 2. The molecule has 1 aromatic carbocycles. The molecule has 28 heavy (non-hydrogen) atoms. The first-order chi connectivity index (χ1) is 12.9. The zero-order valence-corrected chi connectivity index (χ0v) is 16.6. The van der Waals surface area contributed by atoms with Gasteiger partial charge >= 0.3 is 5.97 Å². The molecule has 154 valence electrons. The van der Waals surface area contributed by atoms with Crippen LogP contribution < -0.4 is 4.90 Å². The van der Waals surface area contributed by atoms with Crippen molar-refractivity contribution in [1.82, 2.24) is 4.90 Å². The third kappa shape index (κ3) is 4.85. The molecule has 1 aliphatic heterocycles. The number of morpholine rings is 1. The summed E-state index contributed by atoms with van der Waals surface area (Å²) in [7, 11) is 2.98. The van der Waals surface area contributed by atoms with Crippen molar-refractivity contribution in [2.45, 2.75) is 38.6 Å². The number of nitrogens with zero attached hydrogens (tertiary/aromatic N) is 2. The Hall–Kier alpha value is -2.52. The fraction of sp³-hybridized carbons (Fsp3) is 0.526. The Morgan fingerprint density at radius 2 is 2.00 bits per heavy atom. The average molecular weight is 396 g/mol. The molecule has 1 aliphatic rings. The Balaban J connectivity index is 2.26. The van der Waals surface area contributed by atoms with E-state index in [0.717, 1.165) is 6.07 Å². The summed E-state index contributed by atoms with van der Waals surface area (Å²) in [6.07, 6.45) is -3.26. The van der Waals surface area contributed by atoms with E-state index in [0.29, 0.717) is 0 Å². The molecule has 2 unspecified atom stereocenters. The lowest BCUT2D eigenvalue weighted by atomic mass is 10.1. The maximum absolute atomic E-state index is 14.0. The molecular formula is C19H25FN2O6. The van der Waals surface area contributed by atoms with Gasteiger partial charge in [0.2, 0.25) is 0 Å². The number of hydrogen-bond acceptors (Lipinski definition) is 6. The average Bonchev–Trinajstić information content (AvgIpc) is 2.60. The maximum atomic E-state index is 14.0. The summed E-state index contributed by atoms with van der Waals surface area (Å²) in [6.45, 7) is 5.07. The number of carbonyl (C=O) groups is 3. The lowest BCUT2D eigenvalue weighted by molar-refractivity contribution is -0.177. The van der Waals surface area contributed by atoms with Gasteiger partial charge in [0.25, 0.3) is 11.8 Å². The van der Waals surface area contributed by atoms with E-state index in [9.17, 15) is 23.9 Å². The molecule has 2 rings (SSSR count). The van der Waals surface area contributed by atoms with Crippen LogP contribution in [0, 0.1) is 5.82 Å². The Labute approximate surface area is 162 Å². The summed E-state index contributed by atoms with van der Waals surface area (Å²) in [4.78, 5) is 39.5. The first kappa shape index (κ1) is 21.8. The van der Waals surface area contributed by atoms with Crippen LogP contribution in [0.15, 0.2) is 18.2 Å². The van der Waals surface area contributed by atoms with Crippen LogP contribution >= 0.6 is 0 Å². The standard InChI is InChI=1S/C19H25FN2O6/c1-19(2,3)28-18(26)14(23)15-17(25)22(8-9-27-15)11-6-7-13(20)12(10-11)16(24)21(4)5/h6-7,10,14-15,23H,8-9H2,1-5H3. The Kier molecular flexibility index (Phi) is 6.41. The van der Waals surface area contributed by atoms with Gasteiger partial charge in [-0.15, -0.1) is 0 Å². The van der Waals surface area contributed by atoms with Crippen LogP contribution in [0.4, 0.5) is 10.1 Å². The summed E-state index contributed by atoms with van der Waals surface area (Å²) >= 11 is 0. The van der Waals surface area contributed by atoms with Gasteiger partial charge < -0.3 is 24.4 Å². The molecule has 1 heterocycles. The van der Waals surface area contributed by atoms with E-state index >= 15 is 0 Å². The number of carbonyl (C=O) groups excluding carboxylic acids is 3. The van der Waals surface area contributed by atoms with E-state index < -0.39 is 41.4 Å². The van der Waals surface area contributed by atoms with Crippen LogP contribution in [0.3, 0.4) is 0 Å². The summed E-state index contributed by atoms with van der Waals surface area (Å²) in [5.74, 6) is -2.92. The topological polar surface area (TPSA) is 96.4 Å². The molecule has 0 saturated carbocycles. The molecule has 1 aromatic rings. The van der Waals surface area contributed by atoms with Crippen molar-refractivity contribution in [1.29, 1.82) is 0 Å². The Morgan fingerprint density at radius 3 is 2.57 bits per heavy atom. The molecule has 0 aliphatic carbocycles. The maximum Gasteiger partial charge on any atom is 0.338 e. The van der Waals surface area contributed by atoms with Crippen LogP contribution in [0.5, 0.6) is 0 Å². The molecule has 1 N–H and O–H groups in total. The predicted molar refractivity (Wildman–Crippen MR) is 98.4 cm³/mol. The number of halogens is 1. The van der Waals surface area contributed by atoms with Crippen molar-refractivity contribution < 1.29 is 33.4 Å². The van der Waals surface area contributed by atoms with Gasteiger partial charge in [0, 0.05) is 26.3 Å². The lowest BCUT2D eigenvalue weighted by Crippen LogP contribution is -2.55. The summed E-state index contributed by atoms with van der Waals surface area (Å²) in [6, 6.07) is 3.70. The van der Waals surface area contributed by atoms with E-state index in [1.165, 1.54) is 36.0 Å². The largest absolute Gasteiger partial charge is 0.458 e. The van der Waals surface area contributed by atoms with E-state index in [1.54, 1.807) is 20.8 Å². The highest BCUT2D eigenvalue weighted by Crippen LogP contribution is 2.24. The second-order valence-electron chi connectivity index (χ2n) is 7.62. The molecule has 8 nitrogen and oxygen atoms in total. The molecule has 0 spiro atoms. The highest BCUT2D eigenvalue weighted by molar-refractivity contribution is 6.02. The fourth-order valence-corrected chi connectivity index (χ4v) is 2.66. The van der Waals surface area contributed by atoms with Crippen molar-refractivity contribution in [2.75, 3.05) is 32.1 Å². The van der Waals surface area contributed by atoms with Gasteiger partial charge in [0.1, 0.15) is 11.4 Å². The SMILES string of the molecule is CN(C)C(=O)c1cc(N2CCOC(C(O)C(=O)OC(C)(C)C)C2=O)ccc1F. The summed E-state index contributed by atoms with van der Waals surface area (Å²) < 4.78 is 24.4. The quantitative estimate of drug-likeness (QED) is 0.762. The molecular weight excluding hydrogens is 371 g/mol. The van der Waals surface area contributed by atoms with Crippen LogP contribution in [0.25, 0.3) is 0 Å². The third-order valence-electron chi connectivity index (χ3n) is 3.95. The molecule has 9 heteroatoms. The smallest absolute Gasteiger partial charge is 0.338 e. The minimum Gasteiger partial charge on any atom is -0.458 e. The second-order valence-corrected chi connectivity index (χ2v) is 7.62. The minimum absolute atomic E-state index is 0.0462. The van der Waals surface area contributed by atoms with Gasteiger partial charge in [-0.05, 0) is 39.0 Å². The Bertz CT molecular complexity index is 774. The van der Waals surface area contributed by atoms with Gasteiger partial charge in [-0.3, -0.25) is 9.59 Å². The van der Waals surface area contributed by atoms with Gasteiger partial charge in [-0.2, -0.15) is 0 Å². The normalized spacial score (nSPS) is 18.6. The highest BCUT2D eigenvalue weighted by Gasteiger charge is 2.41. The molecule has 1 fully saturated rings. The molecule has 0 aromatic heterocycles. The van der Waals surface area contributed by atoms with Crippen molar-refractivity contribution in [3.8, 4) is 0 Å². The predicted octanol–water partition coefficient (Wildman–Crippen LogP) is 0.962. The van der Waals surface area contributed by atoms with Crippen molar-refractivity contribution in [3.63, 3.8) is 0 Å². The minimum atomic E-state index is -1.81. The Morgan fingerprint density at radius 1 is 1.36 bits per heavy atom. The highest BCUT2D eigenvalue weighted by atomic mass is 19.1. The molecule has 2 amide bonds. The van der Waals surface area contributed by atoms with Gasteiger partial charge in [0.15, 0.2) is 12.2 Å². The van der Waals surface area contributed by atoms with Gasteiger partial charge in [-0.1, -0.05) is 0 Å². The van der Waals surface area contributed by atoms with Gasteiger partial charge in [0.05, 0.1) is 12.2 Å². The first-order valence-corrected chi connectivity index (χ1v) is 8.77. The van der Waals surface area contributed by atoms with Crippen molar-refractivity contribution in [2.24, 2.45) is 0 Å². The van der Waals surface area contributed by atoms with E-state index in [2.05, 4.69) is 0 Å². The molecule has 2 atom stereocenters. The number of aliphatic hydroxyl groups is 1. The van der Waals surface area contributed by atoms with Crippen molar-refractivity contribution in [3.05, 3.63) is 29.6 Å². The molecule has 1 saturated heterocycles. The summed E-state index contributed by atoms with van der Waals surface area (Å²) in [5.41, 5.74) is -0.763. The van der Waals surface area contributed by atoms with Crippen molar-refractivity contribution >= 4 is 23.5 Å². The van der Waals surface area contributed by atoms with Crippen LogP contribution in [0.1, 0.15) is 31.1 Å². The number of amides is 2. The van der Waals surface area contributed by atoms with Crippen LogP contribution in [-0.2, 0) is 19.1 Å². The van der Waals surface area contributed by atoms with Gasteiger partial charge in [-0.25, -0.2) is 9.18 Å². The number of benzene rings is 1. The number of rotatable bonds is 4. The number of esters is 1. The van der Waals surface area contributed by atoms with E-state index in [4.69, 9.17) is 9.47 Å². The van der Waals surface area contributed by atoms with Crippen LogP contribution in [-0.4, -0.2) is 72.8 Å². The third-order valence-corrected chi connectivity index (χ3v) is 3.95.